The molecule has 1 amide bonds. The molecule has 222 valence electrons. The first-order valence-electron chi connectivity index (χ1n) is 13.6. The second kappa shape index (κ2) is 13.7. The summed E-state index contributed by atoms with van der Waals surface area (Å²) < 4.78 is 29.2. The zero-order valence-corrected chi connectivity index (χ0v) is 25.9. The van der Waals surface area contributed by atoms with Crippen molar-refractivity contribution in [1.29, 1.82) is 0 Å². The van der Waals surface area contributed by atoms with Gasteiger partial charge in [0.25, 0.3) is 0 Å². The molecule has 0 bridgehead atoms. The fraction of sp³-hybridized carbons (Fsp3) is 0.182. The first-order chi connectivity index (χ1) is 20.5. The van der Waals surface area contributed by atoms with E-state index in [1.165, 1.54) is 6.07 Å². The molecule has 0 radical (unpaired) electrons. The second-order valence-corrected chi connectivity index (χ2v) is 12.2. The third kappa shape index (κ3) is 8.13. The predicted molar refractivity (Wildman–Crippen MR) is 175 cm³/mol. The Hall–Kier alpha value is -4.38. The van der Waals surface area contributed by atoms with Gasteiger partial charge >= 0.3 is 0 Å². The summed E-state index contributed by atoms with van der Waals surface area (Å²) in [7, 11) is -2.28. The highest BCUT2D eigenvalue weighted by Gasteiger charge is 2.19. The van der Waals surface area contributed by atoms with E-state index in [2.05, 4.69) is 4.99 Å². The van der Waals surface area contributed by atoms with Gasteiger partial charge in [-0.05, 0) is 66.9 Å². The summed E-state index contributed by atoms with van der Waals surface area (Å²) >= 11 is 5.47. The first kappa shape index (κ1) is 31.6. The van der Waals surface area contributed by atoms with Gasteiger partial charge in [-0.2, -0.15) is 0 Å². The third-order valence-corrected chi connectivity index (χ3v) is 8.19. The van der Waals surface area contributed by atoms with Gasteiger partial charge in [0, 0.05) is 29.3 Å². The maximum Gasteiger partial charge on any atom is 0.238 e. The standard InChI is InChI=1S/C33H34N4O4S2/c1-22(2)37(31(38)20-23-11-13-25(14-12-23)29-9-4-5-10-30(29)43(35,39)40)21-24-7-6-8-27(19-24)32(34)36-33(42)26-15-17-28(41-3)18-16-26/h4-19,22H,20-21H2,1-3H3,(H2,34,36,42)(H2,35,39,40). The minimum Gasteiger partial charge on any atom is -0.497 e. The summed E-state index contributed by atoms with van der Waals surface area (Å²) in [6.07, 6.45) is 0.189. The molecule has 4 aromatic carbocycles. The van der Waals surface area contributed by atoms with Crippen molar-refractivity contribution in [3.05, 3.63) is 119 Å². The van der Waals surface area contributed by atoms with E-state index in [1.54, 1.807) is 42.3 Å². The summed E-state index contributed by atoms with van der Waals surface area (Å²) in [4.78, 5) is 20.1. The van der Waals surface area contributed by atoms with E-state index in [0.717, 1.165) is 22.4 Å². The third-order valence-electron chi connectivity index (χ3n) is 6.89. The van der Waals surface area contributed by atoms with Crippen molar-refractivity contribution in [1.82, 2.24) is 4.90 Å². The Kier molecular flexibility index (Phi) is 10.1. The van der Waals surface area contributed by atoms with Crippen LogP contribution in [0.4, 0.5) is 0 Å². The molecule has 0 aliphatic heterocycles. The Balaban J connectivity index is 1.47. The number of primary sulfonamides is 1. The molecule has 0 saturated carbocycles. The van der Waals surface area contributed by atoms with E-state index in [1.807, 2.05) is 74.5 Å². The molecule has 10 heteroatoms. The van der Waals surface area contributed by atoms with Crippen molar-refractivity contribution in [3.63, 3.8) is 0 Å². The Bertz CT molecular complexity index is 1750. The minimum absolute atomic E-state index is 0.0413. The smallest absolute Gasteiger partial charge is 0.238 e. The van der Waals surface area contributed by atoms with Gasteiger partial charge in [0.1, 0.15) is 16.6 Å². The van der Waals surface area contributed by atoms with E-state index < -0.39 is 10.0 Å². The number of nitrogens with two attached hydrogens (primary N) is 2. The topological polar surface area (TPSA) is 128 Å². The summed E-state index contributed by atoms with van der Waals surface area (Å²) in [5.41, 5.74) is 10.7. The van der Waals surface area contributed by atoms with Gasteiger partial charge in [-0.1, -0.05) is 72.9 Å². The van der Waals surface area contributed by atoms with Crippen LogP contribution in [0.25, 0.3) is 11.1 Å². The molecule has 0 atom stereocenters. The Morgan fingerprint density at radius 3 is 2.21 bits per heavy atom. The highest BCUT2D eigenvalue weighted by atomic mass is 32.2. The summed E-state index contributed by atoms with van der Waals surface area (Å²) in [5.74, 6) is 0.970. The molecule has 0 aromatic heterocycles. The number of amides is 1. The molecular weight excluding hydrogens is 581 g/mol. The molecular formula is C33H34N4O4S2. The molecule has 0 fully saturated rings. The maximum absolute atomic E-state index is 13.4. The first-order valence-corrected chi connectivity index (χ1v) is 15.5. The number of hydrogen-bond acceptors (Lipinski definition) is 5. The Labute approximate surface area is 258 Å². The van der Waals surface area contributed by atoms with Gasteiger partial charge in [-0.25, -0.2) is 18.5 Å². The molecule has 0 aliphatic carbocycles. The fourth-order valence-corrected chi connectivity index (χ4v) is 5.58. The van der Waals surface area contributed by atoms with E-state index >= 15 is 0 Å². The van der Waals surface area contributed by atoms with Crippen LogP contribution in [-0.4, -0.2) is 43.2 Å². The van der Waals surface area contributed by atoms with E-state index in [-0.39, 0.29) is 29.1 Å². The lowest BCUT2D eigenvalue weighted by Gasteiger charge is -2.27. The van der Waals surface area contributed by atoms with Gasteiger partial charge in [0.05, 0.1) is 18.4 Å². The zero-order valence-electron chi connectivity index (χ0n) is 24.2. The van der Waals surface area contributed by atoms with Crippen molar-refractivity contribution in [2.24, 2.45) is 15.9 Å². The van der Waals surface area contributed by atoms with Crippen molar-refractivity contribution >= 4 is 39.0 Å². The molecule has 8 nitrogen and oxygen atoms in total. The summed E-state index contributed by atoms with van der Waals surface area (Å²) in [6.45, 7) is 4.33. The normalized spacial score (nSPS) is 11.8. The van der Waals surface area contributed by atoms with Crippen molar-refractivity contribution < 1.29 is 17.9 Å². The van der Waals surface area contributed by atoms with E-state index in [4.69, 9.17) is 27.8 Å². The number of benzene rings is 4. The SMILES string of the molecule is COc1ccc(C(=S)N=C(N)c2cccc(CN(C(=O)Cc3ccc(-c4ccccc4S(N)(=O)=O)cc3)C(C)C)c2)cc1. The van der Waals surface area contributed by atoms with Crippen molar-refractivity contribution in [3.8, 4) is 16.9 Å². The molecule has 0 aliphatic rings. The van der Waals surface area contributed by atoms with Crippen LogP contribution in [0.5, 0.6) is 5.75 Å². The van der Waals surface area contributed by atoms with E-state index in [0.29, 0.717) is 28.2 Å². The lowest BCUT2D eigenvalue weighted by Crippen LogP contribution is -2.37. The molecule has 0 spiro atoms. The molecule has 4 N–H and O–H groups in total. The van der Waals surface area contributed by atoms with Gasteiger partial charge in [0.15, 0.2) is 0 Å². The van der Waals surface area contributed by atoms with Crippen LogP contribution in [0.3, 0.4) is 0 Å². The molecule has 0 saturated heterocycles. The largest absolute Gasteiger partial charge is 0.497 e. The Morgan fingerprint density at radius 1 is 0.907 bits per heavy atom. The number of thiocarbonyl (C=S) groups is 1. The van der Waals surface area contributed by atoms with Crippen LogP contribution >= 0.6 is 12.2 Å². The van der Waals surface area contributed by atoms with Crippen LogP contribution in [0.2, 0.25) is 0 Å². The minimum atomic E-state index is -3.88. The number of rotatable bonds is 10. The second-order valence-electron chi connectivity index (χ2n) is 10.3. The molecule has 0 unspecified atom stereocenters. The van der Waals surface area contributed by atoms with Crippen LogP contribution in [0, 0.1) is 0 Å². The van der Waals surface area contributed by atoms with Crippen molar-refractivity contribution in [2.75, 3.05) is 7.11 Å². The number of nitrogens with zero attached hydrogens (tertiary/aromatic N) is 2. The van der Waals surface area contributed by atoms with Gasteiger partial charge in [-0.15, -0.1) is 0 Å². The number of sulfonamides is 1. The van der Waals surface area contributed by atoms with Crippen LogP contribution < -0.4 is 15.6 Å². The molecule has 0 heterocycles. The van der Waals surface area contributed by atoms with Crippen LogP contribution in [0.1, 0.15) is 36.1 Å². The highest BCUT2D eigenvalue weighted by molar-refractivity contribution is 7.89. The number of carbonyl (C=O) groups is 1. The van der Waals surface area contributed by atoms with Crippen LogP contribution in [-0.2, 0) is 27.8 Å². The lowest BCUT2D eigenvalue weighted by atomic mass is 10.0. The zero-order chi connectivity index (χ0) is 31.1. The number of hydrogen-bond donors (Lipinski definition) is 2. The van der Waals surface area contributed by atoms with Gasteiger partial charge < -0.3 is 15.4 Å². The molecule has 43 heavy (non-hydrogen) atoms. The molecule has 4 aromatic rings. The van der Waals surface area contributed by atoms with Gasteiger partial charge in [0.2, 0.25) is 15.9 Å². The monoisotopic (exact) mass is 614 g/mol. The summed E-state index contributed by atoms with van der Waals surface area (Å²) in [5, 5.41) is 5.39. The highest BCUT2D eigenvalue weighted by Crippen LogP contribution is 2.27. The number of methoxy groups -OCH3 is 1. The fourth-order valence-electron chi connectivity index (χ4n) is 4.59. The quantitative estimate of drug-likeness (QED) is 0.146. The van der Waals surface area contributed by atoms with Crippen molar-refractivity contribution in [2.45, 2.75) is 37.8 Å². The predicted octanol–water partition coefficient (Wildman–Crippen LogP) is 5.07. The average molecular weight is 615 g/mol. The number of aliphatic imine (C=N–C) groups is 1. The number of carbonyl (C=O) groups excluding carboxylic acids is 1. The summed E-state index contributed by atoms with van der Waals surface area (Å²) in [6, 6.07) is 28.7. The Morgan fingerprint density at radius 2 is 1.58 bits per heavy atom. The van der Waals surface area contributed by atoms with Crippen LogP contribution in [0.15, 0.2) is 107 Å². The van der Waals surface area contributed by atoms with E-state index in [9.17, 15) is 13.2 Å². The van der Waals surface area contributed by atoms with Gasteiger partial charge in [-0.3, -0.25) is 4.79 Å². The number of amidine groups is 1. The number of ether oxygens (including phenoxy) is 1. The average Bonchev–Trinajstić information content (AvgIpc) is 2.99. The maximum atomic E-state index is 13.4. The molecule has 4 rings (SSSR count). The lowest BCUT2D eigenvalue weighted by molar-refractivity contribution is -0.132.